The molecular weight excluding hydrogens is 334 g/mol. The maximum atomic E-state index is 5.27. The molecule has 110 valence electrons. The van der Waals surface area contributed by atoms with Crippen molar-refractivity contribution in [1.82, 2.24) is 20.0 Å². The van der Waals surface area contributed by atoms with Crippen molar-refractivity contribution in [2.45, 2.75) is 13.1 Å². The van der Waals surface area contributed by atoms with Gasteiger partial charge in [-0.3, -0.25) is 0 Å². The highest BCUT2D eigenvalue weighted by atomic mass is 79.9. The average molecular weight is 350 g/mol. The van der Waals surface area contributed by atoms with Crippen molar-refractivity contribution >= 4 is 32.9 Å². The molecule has 7 heteroatoms. The first-order valence-corrected chi connectivity index (χ1v) is 7.38. The van der Waals surface area contributed by atoms with E-state index in [2.05, 4.69) is 36.4 Å². The molecule has 0 aliphatic carbocycles. The molecule has 1 aromatic carbocycles. The summed E-state index contributed by atoms with van der Waals surface area (Å²) in [5.74, 6) is 1.57. The van der Waals surface area contributed by atoms with Gasteiger partial charge in [0.25, 0.3) is 0 Å². The molecule has 0 saturated heterocycles. The molecule has 0 radical (unpaired) electrons. The normalized spacial score (nSPS) is 11.4. The minimum absolute atomic E-state index is 0.564. The molecular formula is C14H16BrN5O. The van der Waals surface area contributed by atoms with E-state index in [1.165, 1.54) is 0 Å². The fourth-order valence-electron chi connectivity index (χ4n) is 2.08. The Morgan fingerprint density at radius 2 is 2.24 bits per heavy atom. The van der Waals surface area contributed by atoms with E-state index in [9.17, 15) is 0 Å². The second kappa shape index (κ2) is 5.87. The van der Waals surface area contributed by atoms with Gasteiger partial charge in [-0.05, 0) is 42.2 Å². The van der Waals surface area contributed by atoms with Gasteiger partial charge in [-0.15, -0.1) is 0 Å². The largest absolute Gasteiger partial charge is 0.360 e. The number of benzene rings is 1. The number of para-hydroxylation sites is 1. The SMILES string of the molecule is CN(C)Cc1cc(CNc2nc3c(Br)cccc3[nH]2)no1. The van der Waals surface area contributed by atoms with E-state index in [-0.39, 0.29) is 0 Å². The molecule has 0 unspecified atom stereocenters. The maximum absolute atomic E-state index is 5.27. The number of halogens is 1. The lowest BCUT2D eigenvalue weighted by atomic mass is 10.3. The molecule has 0 amide bonds. The second-order valence-corrected chi connectivity index (χ2v) is 5.95. The van der Waals surface area contributed by atoms with Crippen LogP contribution < -0.4 is 5.32 Å². The van der Waals surface area contributed by atoms with Gasteiger partial charge in [-0.1, -0.05) is 11.2 Å². The Balaban J connectivity index is 1.68. The molecule has 0 atom stereocenters. The van der Waals surface area contributed by atoms with Crippen molar-refractivity contribution in [2.24, 2.45) is 0 Å². The van der Waals surface area contributed by atoms with E-state index >= 15 is 0 Å². The number of anilines is 1. The van der Waals surface area contributed by atoms with Gasteiger partial charge in [-0.2, -0.15) is 0 Å². The number of rotatable bonds is 5. The third kappa shape index (κ3) is 3.25. The third-order valence-electron chi connectivity index (χ3n) is 2.98. The van der Waals surface area contributed by atoms with E-state index in [0.29, 0.717) is 12.5 Å². The number of fused-ring (bicyclic) bond motifs is 1. The molecule has 2 aromatic heterocycles. The lowest BCUT2D eigenvalue weighted by Crippen LogP contribution is -2.09. The summed E-state index contributed by atoms with van der Waals surface area (Å²) in [6, 6.07) is 7.88. The van der Waals surface area contributed by atoms with Crippen LogP contribution in [0.3, 0.4) is 0 Å². The zero-order valence-electron chi connectivity index (χ0n) is 11.9. The van der Waals surface area contributed by atoms with Gasteiger partial charge in [0.2, 0.25) is 5.95 Å². The molecule has 0 aliphatic rings. The highest BCUT2D eigenvalue weighted by molar-refractivity contribution is 9.10. The van der Waals surface area contributed by atoms with Crippen LogP contribution in [0.15, 0.2) is 33.3 Å². The lowest BCUT2D eigenvalue weighted by molar-refractivity contribution is 0.308. The summed E-state index contributed by atoms with van der Waals surface area (Å²) in [6.07, 6.45) is 0. The summed E-state index contributed by atoms with van der Waals surface area (Å²) in [7, 11) is 3.99. The number of nitrogens with zero attached hydrogens (tertiary/aromatic N) is 3. The van der Waals surface area contributed by atoms with E-state index in [1.54, 1.807) is 0 Å². The number of nitrogens with one attached hydrogen (secondary N) is 2. The predicted molar refractivity (Wildman–Crippen MR) is 85.0 cm³/mol. The first kappa shape index (κ1) is 14.1. The van der Waals surface area contributed by atoms with Crippen LogP contribution in [0.5, 0.6) is 0 Å². The van der Waals surface area contributed by atoms with Crippen LogP contribution in [0.1, 0.15) is 11.5 Å². The summed E-state index contributed by atoms with van der Waals surface area (Å²) >= 11 is 3.49. The summed E-state index contributed by atoms with van der Waals surface area (Å²) in [6.45, 7) is 1.30. The number of aromatic nitrogens is 3. The summed E-state index contributed by atoms with van der Waals surface area (Å²) < 4.78 is 6.24. The van der Waals surface area contributed by atoms with Crippen molar-refractivity contribution in [2.75, 3.05) is 19.4 Å². The monoisotopic (exact) mass is 349 g/mol. The Morgan fingerprint density at radius 3 is 3.00 bits per heavy atom. The fourth-order valence-corrected chi connectivity index (χ4v) is 2.54. The van der Waals surface area contributed by atoms with Crippen LogP contribution in [-0.4, -0.2) is 34.1 Å². The zero-order chi connectivity index (χ0) is 14.8. The zero-order valence-corrected chi connectivity index (χ0v) is 13.4. The molecule has 2 heterocycles. The highest BCUT2D eigenvalue weighted by Gasteiger charge is 2.08. The van der Waals surface area contributed by atoms with E-state index in [1.807, 2.05) is 43.3 Å². The Labute approximate surface area is 130 Å². The van der Waals surface area contributed by atoms with Gasteiger partial charge >= 0.3 is 0 Å². The topological polar surface area (TPSA) is 70.0 Å². The molecule has 6 nitrogen and oxygen atoms in total. The highest BCUT2D eigenvalue weighted by Crippen LogP contribution is 2.23. The van der Waals surface area contributed by atoms with Crippen LogP contribution in [-0.2, 0) is 13.1 Å². The molecule has 0 saturated carbocycles. The molecule has 0 fully saturated rings. The van der Waals surface area contributed by atoms with Crippen molar-refractivity contribution < 1.29 is 4.52 Å². The molecule has 0 spiro atoms. The lowest BCUT2D eigenvalue weighted by Gasteiger charge is -2.03. The van der Waals surface area contributed by atoms with Crippen LogP contribution in [0.25, 0.3) is 11.0 Å². The third-order valence-corrected chi connectivity index (χ3v) is 3.62. The standard InChI is InChI=1S/C14H16BrN5O/c1-20(2)8-10-6-9(19-21-10)7-16-14-17-12-5-3-4-11(15)13(12)18-14/h3-6H,7-8H2,1-2H3,(H2,16,17,18). The van der Waals surface area contributed by atoms with Crippen LogP contribution >= 0.6 is 15.9 Å². The molecule has 0 aliphatic heterocycles. The number of H-pyrrole nitrogens is 1. The average Bonchev–Trinajstić information content (AvgIpc) is 3.03. The Kier molecular flexibility index (Phi) is 3.94. The molecule has 21 heavy (non-hydrogen) atoms. The molecule has 3 aromatic rings. The van der Waals surface area contributed by atoms with Gasteiger partial charge in [0.1, 0.15) is 11.2 Å². The van der Waals surface area contributed by atoms with E-state index < -0.39 is 0 Å². The van der Waals surface area contributed by atoms with Crippen molar-refractivity contribution in [3.8, 4) is 0 Å². The van der Waals surface area contributed by atoms with Gasteiger partial charge in [-0.25, -0.2) is 4.98 Å². The molecule has 2 N–H and O–H groups in total. The minimum atomic E-state index is 0.564. The minimum Gasteiger partial charge on any atom is -0.360 e. The van der Waals surface area contributed by atoms with Crippen LogP contribution in [0, 0.1) is 0 Å². The smallest absolute Gasteiger partial charge is 0.201 e. The fraction of sp³-hybridized carbons (Fsp3) is 0.286. The second-order valence-electron chi connectivity index (χ2n) is 5.10. The number of hydrogen-bond donors (Lipinski definition) is 2. The summed E-state index contributed by atoms with van der Waals surface area (Å²) in [5, 5.41) is 7.26. The molecule has 3 rings (SSSR count). The van der Waals surface area contributed by atoms with Crippen LogP contribution in [0.2, 0.25) is 0 Å². The Hall–Kier alpha value is -1.86. The first-order chi connectivity index (χ1) is 10.1. The van der Waals surface area contributed by atoms with Crippen molar-refractivity contribution in [3.05, 3.63) is 40.2 Å². The number of hydrogen-bond acceptors (Lipinski definition) is 5. The Bertz CT molecular complexity index is 749. The van der Waals surface area contributed by atoms with E-state index in [0.717, 1.165) is 33.5 Å². The van der Waals surface area contributed by atoms with Crippen molar-refractivity contribution in [1.29, 1.82) is 0 Å². The van der Waals surface area contributed by atoms with Gasteiger partial charge < -0.3 is 19.7 Å². The van der Waals surface area contributed by atoms with Gasteiger partial charge in [0.05, 0.1) is 18.6 Å². The van der Waals surface area contributed by atoms with Crippen molar-refractivity contribution in [3.63, 3.8) is 0 Å². The van der Waals surface area contributed by atoms with Crippen LogP contribution in [0.4, 0.5) is 5.95 Å². The van der Waals surface area contributed by atoms with Gasteiger partial charge in [0, 0.05) is 10.5 Å². The number of aromatic amines is 1. The number of imidazole rings is 1. The molecule has 0 bridgehead atoms. The predicted octanol–water partition coefficient (Wildman–Crippen LogP) is 2.99. The summed E-state index contributed by atoms with van der Waals surface area (Å²) in [5.41, 5.74) is 2.75. The maximum Gasteiger partial charge on any atom is 0.201 e. The quantitative estimate of drug-likeness (QED) is 0.740. The van der Waals surface area contributed by atoms with Gasteiger partial charge in [0.15, 0.2) is 5.76 Å². The Morgan fingerprint density at radius 1 is 1.38 bits per heavy atom. The summed E-state index contributed by atoms with van der Waals surface area (Å²) in [4.78, 5) is 9.77. The van der Waals surface area contributed by atoms with E-state index in [4.69, 9.17) is 4.52 Å². The first-order valence-electron chi connectivity index (χ1n) is 6.59.